The van der Waals surface area contributed by atoms with Gasteiger partial charge >= 0.3 is 0 Å². The number of thiazole rings is 1. The monoisotopic (exact) mass is 364 g/mol. The Morgan fingerprint density at radius 2 is 2.00 bits per heavy atom. The Balaban J connectivity index is 2.11. The van der Waals surface area contributed by atoms with Crippen molar-refractivity contribution in [1.82, 2.24) is 4.57 Å². The van der Waals surface area contributed by atoms with Gasteiger partial charge in [0.2, 0.25) is 0 Å². The number of hydrogen-bond donors (Lipinski definition) is 0. The third-order valence-electron chi connectivity index (χ3n) is 3.43. The van der Waals surface area contributed by atoms with Crippen LogP contribution in [0.4, 0.5) is 8.78 Å². The fourth-order valence-corrected chi connectivity index (χ4v) is 3.75. The van der Waals surface area contributed by atoms with Crippen LogP contribution in [-0.4, -0.2) is 22.5 Å². The lowest BCUT2D eigenvalue weighted by molar-refractivity contribution is 0.0997. The molecule has 0 aliphatic carbocycles. The second-order valence-electron chi connectivity index (χ2n) is 5.07. The van der Waals surface area contributed by atoms with Crippen molar-refractivity contribution in [2.75, 3.05) is 12.0 Å². The Bertz CT molecular complexity index is 963. The molecular weight excluding hydrogens is 350 g/mol. The van der Waals surface area contributed by atoms with Gasteiger partial charge in [0, 0.05) is 17.9 Å². The van der Waals surface area contributed by atoms with Crippen LogP contribution in [0.3, 0.4) is 0 Å². The van der Waals surface area contributed by atoms with Gasteiger partial charge in [-0.3, -0.25) is 4.79 Å². The van der Waals surface area contributed by atoms with Gasteiger partial charge in [0.15, 0.2) is 4.80 Å². The molecule has 0 atom stereocenters. The number of fused-ring (bicyclic) bond motifs is 1. The second kappa shape index (κ2) is 7.27. The summed E-state index contributed by atoms with van der Waals surface area (Å²) in [5.74, 6) is -0.488. The first-order valence-corrected chi connectivity index (χ1v) is 9.42. The van der Waals surface area contributed by atoms with Crippen LogP contribution in [0.5, 0.6) is 0 Å². The van der Waals surface area contributed by atoms with Gasteiger partial charge in [0.25, 0.3) is 5.91 Å². The molecule has 3 nitrogen and oxygen atoms in total. The zero-order chi connectivity index (χ0) is 17.1. The summed E-state index contributed by atoms with van der Waals surface area (Å²) in [5.41, 5.74) is 1.02. The van der Waals surface area contributed by atoms with E-state index in [2.05, 4.69) is 4.99 Å². The Hall–Kier alpha value is -1.99. The van der Waals surface area contributed by atoms with Gasteiger partial charge in [0.05, 0.1) is 10.2 Å². The lowest BCUT2D eigenvalue weighted by atomic mass is 10.2. The molecule has 1 amide bonds. The molecule has 0 fully saturated rings. The van der Waals surface area contributed by atoms with Crippen molar-refractivity contribution in [1.29, 1.82) is 0 Å². The highest BCUT2D eigenvalue weighted by atomic mass is 32.2. The molecule has 0 spiro atoms. The molecule has 0 bridgehead atoms. The third-order valence-corrected chi connectivity index (χ3v) is 5.06. The number of nitrogens with zero attached hydrogens (tertiary/aromatic N) is 2. The van der Waals surface area contributed by atoms with E-state index in [1.807, 2.05) is 10.8 Å². The third kappa shape index (κ3) is 3.57. The van der Waals surface area contributed by atoms with E-state index < -0.39 is 11.7 Å². The Kier molecular flexibility index (Phi) is 5.11. The minimum absolute atomic E-state index is 0.190. The molecule has 0 saturated heterocycles. The molecule has 2 aromatic carbocycles. The van der Waals surface area contributed by atoms with E-state index in [0.717, 1.165) is 22.0 Å². The smallest absolute Gasteiger partial charge is 0.279 e. The lowest BCUT2D eigenvalue weighted by Crippen LogP contribution is -2.18. The number of thioether (sulfide) groups is 1. The number of rotatable bonds is 4. The standard InChI is InChI=1S/C17H14F2N2OS2/c1-23-8-7-21-14-6-5-13(19)10-15(14)24-17(21)20-16(22)11-3-2-4-12(18)9-11/h2-6,9-10H,7-8H2,1H3. The number of aryl methyl sites for hydroxylation is 1. The molecule has 0 N–H and O–H groups in total. The van der Waals surface area contributed by atoms with Crippen LogP contribution >= 0.6 is 23.1 Å². The molecular formula is C17H14F2N2OS2. The SMILES string of the molecule is CSCCn1c(=NC(=O)c2cccc(F)c2)sc2cc(F)ccc21. The fraction of sp³-hybridized carbons (Fsp3) is 0.176. The number of aromatic nitrogens is 1. The van der Waals surface area contributed by atoms with Crippen molar-refractivity contribution in [3.8, 4) is 0 Å². The van der Waals surface area contributed by atoms with Crippen LogP contribution in [0, 0.1) is 11.6 Å². The van der Waals surface area contributed by atoms with E-state index >= 15 is 0 Å². The first-order valence-electron chi connectivity index (χ1n) is 7.21. The number of amides is 1. The summed E-state index contributed by atoms with van der Waals surface area (Å²) in [7, 11) is 0. The maximum Gasteiger partial charge on any atom is 0.279 e. The van der Waals surface area contributed by atoms with Crippen LogP contribution in [0.15, 0.2) is 47.5 Å². The zero-order valence-corrected chi connectivity index (χ0v) is 14.5. The number of hydrogen-bond acceptors (Lipinski definition) is 3. The molecule has 7 heteroatoms. The van der Waals surface area contributed by atoms with E-state index in [0.29, 0.717) is 11.3 Å². The van der Waals surface area contributed by atoms with Crippen LogP contribution in [-0.2, 0) is 6.54 Å². The van der Waals surface area contributed by atoms with E-state index in [4.69, 9.17) is 0 Å². The van der Waals surface area contributed by atoms with Gasteiger partial charge in [-0.1, -0.05) is 17.4 Å². The molecule has 24 heavy (non-hydrogen) atoms. The highest BCUT2D eigenvalue weighted by molar-refractivity contribution is 7.98. The van der Waals surface area contributed by atoms with Gasteiger partial charge in [0.1, 0.15) is 11.6 Å². The molecule has 3 aromatic rings. The number of benzene rings is 2. The molecule has 3 rings (SSSR count). The van der Waals surface area contributed by atoms with E-state index in [-0.39, 0.29) is 11.4 Å². The van der Waals surface area contributed by atoms with Gasteiger partial charge in [-0.25, -0.2) is 8.78 Å². The molecule has 124 valence electrons. The average Bonchev–Trinajstić information content (AvgIpc) is 2.89. The molecule has 0 aliphatic heterocycles. The van der Waals surface area contributed by atoms with Gasteiger partial charge in [-0.2, -0.15) is 16.8 Å². The van der Waals surface area contributed by atoms with Crippen molar-refractivity contribution >= 4 is 39.2 Å². The summed E-state index contributed by atoms with van der Waals surface area (Å²) in [5, 5.41) is 0. The van der Waals surface area contributed by atoms with Crippen molar-refractivity contribution in [2.24, 2.45) is 4.99 Å². The van der Waals surface area contributed by atoms with Gasteiger partial charge in [-0.05, 0) is 42.7 Å². The van der Waals surface area contributed by atoms with Crippen LogP contribution in [0.1, 0.15) is 10.4 Å². The first kappa shape index (κ1) is 16.9. The Labute approximate surface area is 145 Å². The van der Waals surface area contributed by atoms with E-state index in [1.54, 1.807) is 17.8 Å². The summed E-state index contributed by atoms with van der Waals surface area (Å²) < 4.78 is 29.4. The maximum atomic E-state index is 13.5. The fourth-order valence-electron chi connectivity index (χ4n) is 2.30. The quantitative estimate of drug-likeness (QED) is 0.699. The Morgan fingerprint density at radius 1 is 1.21 bits per heavy atom. The van der Waals surface area contributed by atoms with Gasteiger partial charge < -0.3 is 4.57 Å². The van der Waals surface area contributed by atoms with Crippen LogP contribution in [0.25, 0.3) is 10.2 Å². The number of carbonyl (C=O) groups is 1. The average molecular weight is 364 g/mol. The summed E-state index contributed by atoms with van der Waals surface area (Å²) in [6.07, 6.45) is 1.99. The highest BCUT2D eigenvalue weighted by Crippen LogP contribution is 2.19. The zero-order valence-electron chi connectivity index (χ0n) is 12.8. The predicted octanol–water partition coefficient (Wildman–Crippen LogP) is 4.09. The molecule has 1 aromatic heterocycles. The highest BCUT2D eigenvalue weighted by Gasteiger charge is 2.10. The normalized spacial score (nSPS) is 12.0. The predicted molar refractivity (Wildman–Crippen MR) is 94.4 cm³/mol. The summed E-state index contributed by atoms with van der Waals surface area (Å²) in [6.45, 7) is 0.655. The molecule has 0 aliphatic rings. The summed E-state index contributed by atoms with van der Waals surface area (Å²) in [6, 6.07) is 9.94. The lowest BCUT2D eigenvalue weighted by Gasteiger charge is -2.03. The van der Waals surface area contributed by atoms with Crippen molar-refractivity contribution in [2.45, 2.75) is 6.54 Å². The second-order valence-corrected chi connectivity index (χ2v) is 7.06. The van der Waals surface area contributed by atoms with Crippen LogP contribution in [0.2, 0.25) is 0 Å². The molecule has 0 unspecified atom stereocenters. The molecule has 1 heterocycles. The Morgan fingerprint density at radius 3 is 2.75 bits per heavy atom. The minimum Gasteiger partial charge on any atom is -0.316 e. The maximum absolute atomic E-state index is 13.5. The number of halogens is 2. The van der Waals surface area contributed by atoms with E-state index in [1.165, 1.54) is 41.7 Å². The number of carbonyl (C=O) groups excluding carboxylic acids is 1. The molecule has 0 saturated carbocycles. The van der Waals surface area contributed by atoms with Gasteiger partial charge in [-0.15, -0.1) is 0 Å². The minimum atomic E-state index is -0.514. The van der Waals surface area contributed by atoms with Crippen LogP contribution < -0.4 is 4.80 Å². The van der Waals surface area contributed by atoms with Crippen molar-refractivity contribution < 1.29 is 13.6 Å². The van der Waals surface area contributed by atoms with Crippen molar-refractivity contribution in [3.05, 3.63) is 64.5 Å². The first-order chi connectivity index (χ1) is 11.6. The summed E-state index contributed by atoms with van der Waals surface area (Å²) >= 11 is 2.92. The van der Waals surface area contributed by atoms with Crippen molar-refractivity contribution in [3.63, 3.8) is 0 Å². The summed E-state index contributed by atoms with van der Waals surface area (Å²) in [4.78, 5) is 16.9. The topological polar surface area (TPSA) is 34.4 Å². The molecule has 0 radical (unpaired) electrons. The largest absolute Gasteiger partial charge is 0.316 e. The van der Waals surface area contributed by atoms with E-state index in [9.17, 15) is 13.6 Å².